The molecule has 3 rings (SSSR count). The normalized spacial score (nSPS) is 22.4. The molecule has 0 radical (unpaired) electrons. The Bertz CT molecular complexity index is 576. The van der Waals surface area contributed by atoms with Gasteiger partial charge in [-0.15, -0.1) is 0 Å². The lowest BCUT2D eigenvalue weighted by Crippen LogP contribution is -2.53. The number of likely N-dealkylation sites (N-methyl/N-ethyl adjacent to an activating group) is 1. The van der Waals surface area contributed by atoms with Gasteiger partial charge in [0.25, 0.3) is 0 Å². The van der Waals surface area contributed by atoms with Crippen molar-refractivity contribution in [2.75, 3.05) is 25.0 Å². The van der Waals surface area contributed by atoms with E-state index < -0.39 is 11.8 Å². The van der Waals surface area contributed by atoms with Gasteiger partial charge in [-0.3, -0.25) is 9.59 Å². The number of hydrogen-bond donors (Lipinski definition) is 1. The molecule has 5 nitrogen and oxygen atoms in total. The summed E-state index contributed by atoms with van der Waals surface area (Å²) in [5.74, 6) is -0.899. The van der Waals surface area contributed by atoms with Crippen molar-refractivity contribution in [1.82, 2.24) is 4.90 Å². The molecule has 112 valence electrons. The van der Waals surface area contributed by atoms with Gasteiger partial charge in [-0.25, -0.2) is 0 Å². The first kappa shape index (κ1) is 14.1. The van der Waals surface area contributed by atoms with Crippen LogP contribution in [0.3, 0.4) is 0 Å². The van der Waals surface area contributed by atoms with Crippen molar-refractivity contribution >= 4 is 17.5 Å². The Labute approximate surface area is 124 Å². The average Bonchev–Trinajstić information content (AvgIpc) is 3.27. The molecule has 5 heteroatoms. The molecule has 2 aliphatic rings. The first-order valence-electron chi connectivity index (χ1n) is 7.39. The smallest absolute Gasteiger partial charge is 0.316 e. The Hall–Kier alpha value is -1.88. The third-order valence-electron chi connectivity index (χ3n) is 4.85. The van der Waals surface area contributed by atoms with Crippen molar-refractivity contribution in [3.63, 3.8) is 0 Å². The number of amides is 2. The molecular formula is C16H21N3O2. The fourth-order valence-corrected chi connectivity index (χ4v) is 3.09. The zero-order chi connectivity index (χ0) is 15.2. The van der Waals surface area contributed by atoms with E-state index in [9.17, 15) is 9.59 Å². The van der Waals surface area contributed by atoms with Crippen LogP contribution < -0.4 is 10.6 Å². The molecule has 1 saturated carbocycles. The van der Waals surface area contributed by atoms with Crippen LogP contribution >= 0.6 is 0 Å². The second-order valence-electron chi connectivity index (χ2n) is 6.18. The highest BCUT2D eigenvalue weighted by molar-refractivity contribution is 6.40. The number of piperazine rings is 1. The minimum absolute atomic E-state index is 0.112. The van der Waals surface area contributed by atoms with Gasteiger partial charge in [-0.2, -0.15) is 0 Å². The molecule has 2 fully saturated rings. The van der Waals surface area contributed by atoms with Crippen molar-refractivity contribution in [3.8, 4) is 0 Å². The van der Waals surface area contributed by atoms with Gasteiger partial charge in [0.15, 0.2) is 0 Å². The summed E-state index contributed by atoms with van der Waals surface area (Å²) < 4.78 is 0. The average molecular weight is 287 g/mol. The van der Waals surface area contributed by atoms with Gasteiger partial charge in [-0.05, 0) is 37.5 Å². The predicted octanol–water partition coefficient (Wildman–Crippen LogP) is 0.870. The first-order valence-corrected chi connectivity index (χ1v) is 7.39. The summed E-state index contributed by atoms with van der Waals surface area (Å²) in [7, 11) is 1.65. The van der Waals surface area contributed by atoms with Crippen molar-refractivity contribution in [1.29, 1.82) is 0 Å². The number of nitrogens with two attached hydrogens (primary N) is 1. The van der Waals surface area contributed by atoms with E-state index in [0.29, 0.717) is 13.1 Å². The minimum atomic E-state index is -0.454. The first-order chi connectivity index (χ1) is 9.95. The van der Waals surface area contributed by atoms with Crippen LogP contribution in [0.15, 0.2) is 24.3 Å². The van der Waals surface area contributed by atoms with Gasteiger partial charge in [0.1, 0.15) is 0 Å². The molecule has 1 aliphatic heterocycles. The minimum Gasteiger partial charge on any atom is -0.336 e. The van der Waals surface area contributed by atoms with E-state index in [1.54, 1.807) is 11.9 Å². The molecule has 2 N–H and O–H groups in total. The molecule has 0 spiro atoms. The van der Waals surface area contributed by atoms with E-state index in [4.69, 9.17) is 5.73 Å². The molecule has 1 aromatic rings. The maximum atomic E-state index is 12.1. The largest absolute Gasteiger partial charge is 0.336 e. The number of benzene rings is 1. The molecule has 1 saturated heterocycles. The van der Waals surface area contributed by atoms with E-state index in [-0.39, 0.29) is 11.5 Å². The van der Waals surface area contributed by atoms with Gasteiger partial charge < -0.3 is 15.5 Å². The molecule has 0 bridgehead atoms. The molecule has 1 aromatic carbocycles. The summed E-state index contributed by atoms with van der Waals surface area (Å²) in [4.78, 5) is 26.8. The highest BCUT2D eigenvalue weighted by Crippen LogP contribution is 2.50. The summed E-state index contributed by atoms with van der Waals surface area (Å²) in [5, 5.41) is 0. The molecular weight excluding hydrogens is 266 g/mol. The standard InChI is InChI=1S/C16H21N3O2/c1-11(17)16(7-8-16)12-3-5-13(6-4-12)19-10-9-18(2)14(20)15(19)21/h3-6,11H,7-10,17H2,1-2H3. The number of hydrogen-bond acceptors (Lipinski definition) is 3. The van der Waals surface area contributed by atoms with Crippen LogP contribution in [0.5, 0.6) is 0 Å². The Kier molecular flexibility index (Phi) is 3.24. The van der Waals surface area contributed by atoms with Crippen LogP contribution in [0.4, 0.5) is 5.69 Å². The fraction of sp³-hybridized carbons (Fsp3) is 0.500. The molecule has 0 aromatic heterocycles. The molecule has 1 unspecified atom stereocenters. The fourth-order valence-electron chi connectivity index (χ4n) is 3.09. The number of rotatable bonds is 3. The van der Waals surface area contributed by atoms with E-state index in [1.165, 1.54) is 10.5 Å². The van der Waals surface area contributed by atoms with E-state index >= 15 is 0 Å². The van der Waals surface area contributed by atoms with Gasteiger partial charge in [0.05, 0.1) is 0 Å². The number of nitrogens with zero attached hydrogens (tertiary/aromatic N) is 2. The molecule has 2 amide bonds. The number of anilines is 1. The van der Waals surface area contributed by atoms with Gasteiger partial charge in [0.2, 0.25) is 0 Å². The lowest BCUT2D eigenvalue weighted by molar-refractivity contribution is -0.145. The second-order valence-corrected chi connectivity index (χ2v) is 6.18. The van der Waals surface area contributed by atoms with E-state index in [2.05, 4.69) is 0 Å². The third-order valence-corrected chi connectivity index (χ3v) is 4.85. The zero-order valence-electron chi connectivity index (χ0n) is 12.5. The number of carbonyl (C=O) groups is 2. The van der Waals surface area contributed by atoms with Crippen molar-refractivity contribution in [3.05, 3.63) is 29.8 Å². The zero-order valence-corrected chi connectivity index (χ0v) is 12.5. The topological polar surface area (TPSA) is 66.6 Å². The molecule has 1 heterocycles. The molecule has 1 atom stereocenters. The van der Waals surface area contributed by atoms with Gasteiger partial charge in [0, 0.05) is 37.3 Å². The predicted molar refractivity (Wildman–Crippen MR) is 81.0 cm³/mol. The lowest BCUT2D eigenvalue weighted by atomic mass is 9.89. The summed E-state index contributed by atoms with van der Waals surface area (Å²) in [6, 6.07) is 8.07. The summed E-state index contributed by atoms with van der Waals surface area (Å²) >= 11 is 0. The van der Waals surface area contributed by atoms with Crippen LogP contribution in [0.2, 0.25) is 0 Å². The maximum Gasteiger partial charge on any atom is 0.316 e. The Morgan fingerprint density at radius 3 is 2.24 bits per heavy atom. The van der Waals surface area contributed by atoms with Crippen LogP contribution in [0.25, 0.3) is 0 Å². The summed E-state index contributed by atoms with van der Waals surface area (Å²) in [6.45, 7) is 3.15. The van der Waals surface area contributed by atoms with Crippen LogP contribution in [-0.4, -0.2) is 42.9 Å². The second kappa shape index (κ2) is 4.84. The number of carbonyl (C=O) groups excluding carboxylic acids is 2. The highest BCUT2D eigenvalue weighted by atomic mass is 16.2. The SMILES string of the molecule is CC(N)C1(c2ccc(N3CCN(C)C(=O)C3=O)cc2)CC1. The maximum absolute atomic E-state index is 12.1. The summed E-state index contributed by atoms with van der Waals surface area (Å²) in [5.41, 5.74) is 8.21. The van der Waals surface area contributed by atoms with Gasteiger partial charge in [-0.1, -0.05) is 12.1 Å². The van der Waals surface area contributed by atoms with Gasteiger partial charge >= 0.3 is 11.8 Å². The monoisotopic (exact) mass is 287 g/mol. The third kappa shape index (κ3) is 2.21. The van der Waals surface area contributed by atoms with Crippen LogP contribution in [-0.2, 0) is 15.0 Å². The van der Waals surface area contributed by atoms with E-state index in [1.807, 2.05) is 31.2 Å². The van der Waals surface area contributed by atoms with Crippen molar-refractivity contribution in [2.24, 2.45) is 5.73 Å². The summed E-state index contributed by atoms with van der Waals surface area (Å²) in [6.07, 6.45) is 2.24. The van der Waals surface area contributed by atoms with Crippen LogP contribution in [0.1, 0.15) is 25.3 Å². The Morgan fingerprint density at radius 1 is 1.10 bits per heavy atom. The van der Waals surface area contributed by atoms with E-state index in [0.717, 1.165) is 18.5 Å². The quantitative estimate of drug-likeness (QED) is 0.839. The van der Waals surface area contributed by atoms with Crippen molar-refractivity contribution in [2.45, 2.75) is 31.2 Å². The van der Waals surface area contributed by atoms with Crippen LogP contribution in [0, 0.1) is 0 Å². The lowest BCUT2D eigenvalue weighted by Gasteiger charge is -2.31. The highest BCUT2D eigenvalue weighted by Gasteiger charge is 2.47. The Balaban J connectivity index is 1.82. The Morgan fingerprint density at radius 2 is 1.71 bits per heavy atom. The molecule has 21 heavy (non-hydrogen) atoms. The molecule has 1 aliphatic carbocycles. The van der Waals surface area contributed by atoms with Crippen molar-refractivity contribution < 1.29 is 9.59 Å².